The molecule has 0 radical (unpaired) electrons. The van der Waals surface area contributed by atoms with Crippen LogP contribution in [0.15, 0.2) is 34.8 Å². The Bertz CT molecular complexity index is 553. The summed E-state index contributed by atoms with van der Waals surface area (Å²) in [7, 11) is 2.07. The van der Waals surface area contributed by atoms with Crippen LogP contribution in [0.3, 0.4) is 0 Å². The van der Waals surface area contributed by atoms with Crippen molar-refractivity contribution in [3.63, 3.8) is 0 Å². The van der Waals surface area contributed by atoms with Gasteiger partial charge in [0.15, 0.2) is 0 Å². The summed E-state index contributed by atoms with van der Waals surface area (Å²) >= 11 is 7.56. The number of halogens is 1. The predicted molar refractivity (Wildman–Crippen MR) is 93.8 cm³/mol. The third kappa shape index (κ3) is 3.30. The number of fused-ring (bicyclic) bond motifs is 1. The predicted octanol–water partition coefficient (Wildman–Crippen LogP) is 4.80. The van der Waals surface area contributed by atoms with E-state index in [-0.39, 0.29) is 0 Å². The molecule has 1 nitrogen and oxygen atoms in total. The van der Waals surface area contributed by atoms with E-state index in [2.05, 4.69) is 70.4 Å². The van der Waals surface area contributed by atoms with Crippen molar-refractivity contribution in [1.29, 1.82) is 0 Å². The molecule has 0 bridgehead atoms. The first-order valence-corrected chi connectivity index (χ1v) is 9.63. The molecule has 20 heavy (non-hydrogen) atoms. The van der Waals surface area contributed by atoms with Gasteiger partial charge in [-0.05, 0) is 55.0 Å². The maximum absolute atomic E-state index is 3.50. The van der Waals surface area contributed by atoms with E-state index in [4.69, 9.17) is 0 Å². The van der Waals surface area contributed by atoms with E-state index in [0.717, 1.165) is 10.9 Å². The number of hydrogen-bond acceptors (Lipinski definition) is 3. The van der Waals surface area contributed by atoms with Gasteiger partial charge in [-0.1, -0.05) is 28.1 Å². The molecule has 0 amide bonds. The van der Waals surface area contributed by atoms with E-state index < -0.39 is 0 Å². The summed E-state index contributed by atoms with van der Waals surface area (Å²) in [6.07, 6.45) is 2.30. The van der Waals surface area contributed by atoms with Crippen molar-refractivity contribution in [2.24, 2.45) is 0 Å². The van der Waals surface area contributed by atoms with Gasteiger partial charge in [0, 0.05) is 26.0 Å². The molecule has 2 aromatic rings. The third-order valence-electron chi connectivity index (χ3n) is 3.69. The van der Waals surface area contributed by atoms with Crippen LogP contribution in [0.4, 0.5) is 0 Å². The Hall–Kier alpha value is -0.290. The fourth-order valence-corrected chi connectivity index (χ4v) is 5.29. The van der Waals surface area contributed by atoms with E-state index in [9.17, 15) is 0 Å². The van der Waals surface area contributed by atoms with Gasteiger partial charge in [-0.3, -0.25) is 0 Å². The third-order valence-corrected chi connectivity index (χ3v) is 6.58. The summed E-state index contributed by atoms with van der Waals surface area (Å²) in [4.78, 5) is 3.10. The molecular weight excluding hydrogens is 350 g/mol. The second-order valence-corrected chi connectivity index (χ2v) is 8.26. The van der Waals surface area contributed by atoms with Crippen LogP contribution in [-0.4, -0.2) is 12.8 Å². The molecule has 0 saturated heterocycles. The number of likely N-dealkylation sites (N-methyl/N-ethyl adjacent to an activating group) is 1. The van der Waals surface area contributed by atoms with Crippen LogP contribution in [0, 0.1) is 0 Å². The highest BCUT2D eigenvalue weighted by molar-refractivity contribution is 9.10. The van der Waals surface area contributed by atoms with Gasteiger partial charge in [-0.25, -0.2) is 0 Å². The standard InChI is InChI=1S/C16H18BrNS2/c1-18-14(8-11-2-4-13(17)5-3-11)16-9-12-10-19-7-6-15(12)20-16/h2-5,9,14,18H,6-8,10H2,1H3. The van der Waals surface area contributed by atoms with E-state index in [1.165, 1.54) is 28.4 Å². The van der Waals surface area contributed by atoms with E-state index >= 15 is 0 Å². The Morgan fingerprint density at radius 3 is 2.80 bits per heavy atom. The molecule has 1 aromatic carbocycles. The minimum Gasteiger partial charge on any atom is -0.312 e. The Kier molecular flexibility index (Phi) is 4.87. The molecule has 3 rings (SSSR count). The average Bonchev–Trinajstić information content (AvgIpc) is 2.90. The highest BCUT2D eigenvalue weighted by Crippen LogP contribution is 2.35. The lowest BCUT2D eigenvalue weighted by molar-refractivity contribution is 0.602. The molecule has 1 atom stereocenters. The minimum absolute atomic E-state index is 0.428. The van der Waals surface area contributed by atoms with E-state index in [0.29, 0.717) is 6.04 Å². The van der Waals surface area contributed by atoms with Crippen molar-refractivity contribution < 1.29 is 0 Å². The lowest BCUT2D eigenvalue weighted by atomic mass is 10.0. The number of thioether (sulfide) groups is 1. The lowest BCUT2D eigenvalue weighted by Gasteiger charge is -2.14. The molecule has 0 fully saturated rings. The van der Waals surface area contributed by atoms with Crippen LogP contribution in [-0.2, 0) is 18.6 Å². The van der Waals surface area contributed by atoms with Gasteiger partial charge >= 0.3 is 0 Å². The van der Waals surface area contributed by atoms with Crippen LogP contribution in [0.5, 0.6) is 0 Å². The first-order chi connectivity index (χ1) is 9.76. The second kappa shape index (κ2) is 6.65. The van der Waals surface area contributed by atoms with Gasteiger partial charge in [0.25, 0.3) is 0 Å². The van der Waals surface area contributed by atoms with E-state index in [1.54, 1.807) is 10.4 Å². The fraction of sp³-hybridized carbons (Fsp3) is 0.375. The van der Waals surface area contributed by atoms with Crippen molar-refractivity contribution in [2.45, 2.75) is 24.6 Å². The van der Waals surface area contributed by atoms with Crippen molar-refractivity contribution in [3.8, 4) is 0 Å². The van der Waals surface area contributed by atoms with Crippen LogP contribution >= 0.6 is 39.0 Å². The molecule has 0 saturated carbocycles. The summed E-state index contributed by atoms with van der Waals surface area (Å²) in [5, 5.41) is 3.48. The van der Waals surface area contributed by atoms with Crippen LogP contribution in [0.2, 0.25) is 0 Å². The Morgan fingerprint density at radius 2 is 2.10 bits per heavy atom. The smallest absolute Gasteiger partial charge is 0.0453 e. The Balaban J connectivity index is 1.79. The van der Waals surface area contributed by atoms with Crippen molar-refractivity contribution in [2.75, 3.05) is 12.8 Å². The summed E-state index contributed by atoms with van der Waals surface area (Å²) < 4.78 is 1.14. The first kappa shape index (κ1) is 14.6. The number of aryl methyl sites for hydroxylation is 1. The molecule has 2 heterocycles. The Labute approximate surface area is 137 Å². The zero-order valence-electron chi connectivity index (χ0n) is 11.5. The topological polar surface area (TPSA) is 12.0 Å². The summed E-state index contributed by atoms with van der Waals surface area (Å²) in [6, 6.07) is 11.5. The number of thiophene rings is 1. The quantitative estimate of drug-likeness (QED) is 0.832. The van der Waals surface area contributed by atoms with Gasteiger partial charge in [0.05, 0.1) is 0 Å². The van der Waals surface area contributed by atoms with Gasteiger partial charge in [0.2, 0.25) is 0 Å². The zero-order valence-corrected chi connectivity index (χ0v) is 14.7. The van der Waals surface area contributed by atoms with Crippen molar-refractivity contribution in [1.82, 2.24) is 5.32 Å². The highest BCUT2D eigenvalue weighted by Gasteiger charge is 2.18. The first-order valence-electron chi connectivity index (χ1n) is 6.87. The van der Waals surface area contributed by atoms with E-state index in [1.807, 2.05) is 11.3 Å². The molecule has 4 heteroatoms. The maximum Gasteiger partial charge on any atom is 0.0453 e. The van der Waals surface area contributed by atoms with Gasteiger partial charge < -0.3 is 5.32 Å². The van der Waals surface area contributed by atoms with Gasteiger partial charge in [0.1, 0.15) is 0 Å². The Morgan fingerprint density at radius 1 is 1.30 bits per heavy atom. The molecule has 1 aliphatic heterocycles. The molecule has 0 aliphatic carbocycles. The van der Waals surface area contributed by atoms with Crippen molar-refractivity contribution in [3.05, 3.63) is 55.7 Å². The van der Waals surface area contributed by atoms with Gasteiger partial charge in [-0.2, -0.15) is 11.8 Å². The summed E-state index contributed by atoms with van der Waals surface area (Å²) in [6.45, 7) is 0. The average molecular weight is 368 g/mol. The number of nitrogens with one attached hydrogen (secondary N) is 1. The van der Waals surface area contributed by atoms with Gasteiger partial charge in [-0.15, -0.1) is 11.3 Å². The molecule has 1 aromatic heterocycles. The normalized spacial score (nSPS) is 15.9. The SMILES string of the molecule is CNC(Cc1ccc(Br)cc1)c1cc2c(s1)CCSC2. The molecule has 0 spiro atoms. The van der Waals surface area contributed by atoms with Crippen LogP contribution < -0.4 is 5.32 Å². The summed E-state index contributed by atoms with van der Waals surface area (Å²) in [5.74, 6) is 2.48. The van der Waals surface area contributed by atoms with Crippen LogP contribution in [0.25, 0.3) is 0 Å². The molecular formula is C16H18BrNS2. The van der Waals surface area contributed by atoms with Crippen molar-refractivity contribution >= 4 is 39.0 Å². The minimum atomic E-state index is 0.428. The fourth-order valence-electron chi connectivity index (χ4n) is 2.54. The summed E-state index contributed by atoms with van der Waals surface area (Å²) in [5.41, 5.74) is 2.95. The molecule has 106 valence electrons. The highest BCUT2D eigenvalue weighted by atomic mass is 79.9. The molecule has 1 unspecified atom stereocenters. The number of benzene rings is 1. The number of hydrogen-bond donors (Lipinski definition) is 1. The second-order valence-electron chi connectivity index (χ2n) is 5.07. The lowest BCUT2D eigenvalue weighted by Crippen LogP contribution is -2.17. The molecule has 1 N–H and O–H groups in total. The molecule has 1 aliphatic rings. The monoisotopic (exact) mass is 367 g/mol. The zero-order chi connectivity index (χ0) is 13.9. The maximum atomic E-state index is 3.50. The largest absolute Gasteiger partial charge is 0.312 e. The number of rotatable bonds is 4. The van der Waals surface area contributed by atoms with Crippen LogP contribution in [0.1, 0.15) is 26.9 Å².